The number of benzene rings is 1. The molecule has 1 rings (SSSR count). The van der Waals surface area contributed by atoms with Gasteiger partial charge in [0.25, 0.3) is 0 Å². The fourth-order valence-electron chi connectivity index (χ4n) is 0.664. The second-order valence-corrected chi connectivity index (χ2v) is 2.81. The van der Waals surface area contributed by atoms with Crippen molar-refractivity contribution in [2.75, 3.05) is 0 Å². The molecule has 0 bridgehead atoms. The van der Waals surface area contributed by atoms with Gasteiger partial charge in [-0.25, -0.2) is 4.39 Å². The van der Waals surface area contributed by atoms with Crippen molar-refractivity contribution in [3.63, 3.8) is 0 Å². The third kappa shape index (κ3) is 3.32. The van der Waals surface area contributed by atoms with Crippen LogP contribution in [0.2, 0.25) is 0 Å². The van der Waals surface area contributed by atoms with Gasteiger partial charge < -0.3 is 5.11 Å². The minimum atomic E-state index is -0.370. The van der Waals surface area contributed by atoms with E-state index in [1.54, 1.807) is 12.1 Å². The van der Waals surface area contributed by atoms with Gasteiger partial charge in [-0.2, -0.15) is 0 Å². The van der Waals surface area contributed by atoms with Crippen molar-refractivity contribution in [2.45, 2.75) is 20.5 Å². The maximum Gasteiger partial charge on any atom is 0.128 e. The van der Waals surface area contributed by atoms with Crippen LogP contribution in [-0.4, -0.2) is 5.11 Å². The lowest BCUT2D eigenvalue weighted by Crippen LogP contribution is -1.87. The van der Waals surface area contributed by atoms with Gasteiger partial charge >= 0.3 is 0 Å². The lowest BCUT2D eigenvalue weighted by molar-refractivity contribution is 0.275. The molecule has 0 spiro atoms. The van der Waals surface area contributed by atoms with E-state index < -0.39 is 0 Å². The summed E-state index contributed by atoms with van der Waals surface area (Å²) in [5, 5.41) is 8.58. The standard InChI is InChI=1S/C7H6BrFO.C2H6/c8-6-1-2-7(9)5(3-6)4-10;1-2/h1-3,10H,4H2;1-2H3. The Morgan fingerprint density at radius 3 is 2.42 bits per heavy atom. The summed E-state index contributed by atoms with van der Waals surface area (Å²) >= 11 is 3.16. The van der Waals surface area contributed by atoms with E-state index in [4.69, 9.17) is 5.11 Å². The van der Waals surface area contributed by atoms with E-state index in [0.717, 1.165) is 4.47 Å². The SMILES string of the molecule is CC.OCc1cc(Br)ccc1F. The van der Waals surface area contributed by atoms with Crippen LogP contribution in [0.15, 0.2) is 22.7 Å². The predicted octanol–water partition coefficient (Wildman–Crippen LogP) is 3.11. The first-order chi connectivity index (χ1) is 5.74. The molecule has 1 nitrogen and oxygen atoms in total. The first-order valence-corrected chi connectivity index (χ1v) is 4.58. The molecule has 3 heteroatoms. The summed E-state index contributed by atoms with van der Waals surface area (Å²) in [5.41, 5.74) is 0.314. The lowest BCUT2D eigenvalue weighted by Gasteiger charge is -1.97. The molecule has 0 atom stereocenters. The summed E-state index contributed by atoms with van der Waals surface area (Å²) in [6.45, 7) is 3.74. The van der Waals surface area contributed by atoms with Gasteiger partial charge in [-0.15, -0.1) is 0 Å². The van der Waals surface area contributed by atoms with Gasteiger partial charge in [0.2, 0.25) is 0 Å². The van der Waals surface area contributed by atoms with E-state index in [1.165, 1.54) is 6.07 Å². The van der Waals surface area contributed by atoms with Crippen molar-refractivity contribution < 1.29 is 9.50 Å². The van der Waals surface area contributed by atoms with Crippen LogP contribution < -0.4 is 0 Å². The number of hydrogen-bond acceptors (Lipinski definition) is 1. The average molecular weight is 235 g/mol. The fourth-order valence-corrected chi connectivity index (χ4v) is 1.07. The van der Waals surface area contributed by atoms with Crippen molar-refractivity contribution in [3.05, 3.63) is 34.1 Å². The van der Waals surface area contributed by atoms with Crippen LogP contribution in [0.4, 0.5) is 4.39 Å². The Balaban J connectivity index is 0.000000561. The quantitative estimate of drug-likeness (QED) is 0.792. The van der Waals surface area contributed by atoms with Crippen LogP contribution >= 0.6 is 15.9 Å². The highest BCUT2D eigenvalue weighted by atomic mass is 79.9. The van der Waals surface area contributed by atoms with Gasteiger partial charge in [0.15, 0.2) is 0 Å². The second kappa shape index (κ2) is 6.14. The van der Waals surface area contributed by atoms with Gasteiger partial charge in [0.05, 0.1) is 6.61 Å². The summed E-state index contributed by atoms with van der Waals surface area (Å²) in [7, 11) is 0. The van der Waals surface area contributed by atoms with Crippen molar-refractivity contribution in [2.24, 2.45) is 0 Å². The molecule has 0 heterocycles. The molecule has 0 fully saturated rings. The molecule has 1 N–H and O–H groups in total. The zero-order valence-corrected chi connectivity index (χ0v) is 8.73. The van der Waals surface area contributed by atoms with E-state index in [1.807, 2.05) is 13.8 Å². The smallest absolute Gasteiger partial charge is 0.128 e. The first kappa shape index (κ1) is 11.6. The van der Waals surface area contributed by atoms with Crippen LogP contribution in [-0.2, 0) is 6.61 Å². The minimum absolute atomic E-state index is 0.259. The van der Waals surface area contributed by atoms with Crippen LogP contribution in [0.25, 0.3) is 0 Å². The maximum atomic E-state index is 12.6. The summed E-state index contributed by atoms with van der Waals surface area (Å²) < 4.78 is 13.4. The molecule has 0 unspecified atom stereocenters. The Hall–Kier alpha value is -0.410. The molecular formula is C9H12BrFO. The van der Waals surface area contributed by atoms with E-state index in [-0.39, 0.29) is 12.4 Å². The molecule has 0 radical (unpaired) electrons. The number of aliphatic hydroxyl groups is 1. The lowest BCUT2D eigenvalue weighted by atomic mass is 10.2. The van der Waals surface area contributed by atoms with Gasteiger partial charge in [-0.1, -0.05) is 29.8 Å². The van der Waals surface area contributed by atoms with E-state index in [0.29, 0.717) is 5.56 Å². The summed E-state index contributed by atoms with van der Waals surface area (Å²) in [5.74, 6) is -0.370. The van der Waals surface area contributed by atoms with Crippen molar-refractivity contribution >= 4 is 15.9 Å². The molecule has 0 amide bonds. The molecule has 0 saturated heterocycles. The normalized spacial score (nSPS) is 8.75. The fraction of sp³-hybridized carbons (Fsp3) is 0.333. The summed E-state index contributed by atoms with van der Waals surface area (Å²) in [4.78, 5) is 0. The van der Waals surface area contributed by atoms with Crippen LogP contribution in [0, 0.1) is 5.82 Å². The van der Waals surface area contributed by atoms with Crippen molar-refractivity contribution in [1.82, 2.24) is 0 Å². The highest BCUT2D eigenvalue weighted by Crippen LogP contribution is 2.14. The third-order valence-electron chi connectivity index (χ3n) is 1.18. The molecule has 12 heavy (non-hydrogen) atoms. The van der Waals surface area contributed by atoms with Crippen LogP contribution in [0.1, 0.15) is 19.4 Å². The first-order valence-electron chi connectivity index (χ1n) is 3.79. The molecule has 0 aliphatic carbocycles. The van der Waals surface area contributed by atoms with E-state index >= 15 is 0 Å². The molecule has 68 valence electrons. The topological polar surface area (TPSA) is 20.2 Å². The Morgan fingerprint density at radius 2 is 2.00 bits per heavy atom. The highest BCUT2D eigenvalue weighted by Gasteiger charge is 1.99. The Labute approximate surface area is 80.4 Å². The highest BCUT2D eigenvalue weighted by molar-refractivity contribution is 9.10. The van der Waals surface area contributed by atoms with E-state index in [9.17, 15) is 4.39 Å². The number of halogens is 2. The molecular weight excluding hydrogens is 223 g/mol. The van der Waals surface area contributed by atoms with Gasteiger partial charge in [0.1, 0.15) is 5.82 Å². The largest absolute Gasteiger partial charge is 0.392 e. The van der Waals surface area contributed by atoms with Crippen molar-refractivity contribution in [3.8, 4) is 0 Å². The molecule has 0 saturated carbocycles. The maximum absolute atomic E-state index is 12.6. The van der Waals surface area contributed by atoms with Gasteiger partial charge in [0, 0.05) is 10.0 Å². The second-order valence-electron chi connectivity index (χ2n) is 1.89. The molecule has 0 aromatic heterocycles. The number of rotatable bonds is 1. The number of aliphatic hydroxyl groups excluding tert-OH is 1. The Kier molecular flexibility index (Phi) is 5.93. The molecule has 0 aliphatic heterocycles. The summed E-state index contributed by atoms with van der Waals surface area (Å²) in [6.07, 6.45) is 0. The van der Waals surface area contributed by atoms with Gasteiger partial charge in [-0.05, 0) is 18.2 Å². The Bertz CT molecular complexity index is 238. The minimum Gasteiger partial charge on any atom is -0.392 e. The molecule has 1 aromatic carbocycles. The van der Waals surface area contributed by atoms with Crippen LogP contribution in [0.3, 0.4) is 0 Å². The zero-order chi connectivity index (χ0) is 9.56. The van der Waals surface area contributed by atoms with Crippen molar-refractivity contribution in [1.29, 1.82) is 0 Å². The average Bonchev–Trinajstić information content (AvgIpc) is 2.13. The summed E-state index contributed by atoms with van der Waals surface area (Å²) in [6, 6.07) is 4.46. The van der Waals surface area contributed by atoms with E-state index in [2.05, 4.69) is 15.9 Å². The molecule has 1 aromatic rings. The van der Waals surface area contributed by atoms with Crippen LogP contribution in [0.5, 0.6) is 0 Å². The Morgan fingerprint density at radius 1 is 1.42 bits per heavy atom. The zero-order valence-electron chi connectivity index (χ0n) is 7.14. The van der Waals surface area contributed by atoms with Gasteiger partial charge in [-0.3, -0.25) is 0 Å². The third-order valence-corrected chi connectivity index (χ3v) is 1.67. The predicted molar refractivity (Wildman–Crippen MR) is 51.4 cm³/mol. The molecule has 0 aliphatic rings. The monoisotopic (exact) mass is 234 g/mol. The number of hydrogen-bond donors (Lipinski definition) is 1.